The number of nitrogens with zero attached hydrogens (tertiary/aromatic N) is 1. The van der Waals surface area contributed by atoms with Crippen LogP contribution in [0.5, 0.6) is 0 Å². The molecule has 0 fully saturated rings. The molecule has 0 aromatic heterocycles. The van der Waals surface area contributed by atoms with E-state index in [4.69, 9.17) is 0 Å². The molecule has 0 N–H and O–H groups in total. The molecule has 0 aromatic carbocycles. The first-order chi connectivity index (χ1) is 7.19. The van der Waals surface area contributed by atoms with Crippen molar-refractivity contribution in [2.75, 3.05) is 13.7 Å². The predicted molar refractivity (Wildman–Crippen MR) is 59.2 cm³/mol. The number of hydrogen-bond acceptors (Lipinski definition) is 4. The van der Waals surface area contributed by atoms with Gasteiger partial charge in [0.1, 0.15) is 6.54 Å². The van der Waals surface area contributed by atoms with Gasteiger partial charge in [0, 0.05) is 6.20 Å². The quantitative estimate of drug-likeness (QED) is 0.683. The molecule has 0 bridgehead atoms. The van der Waals surface area contributed by atoms with Crippen LogP contribution in [-0.2, 0) is 14.3 Å². The van der Waals surface area contributed by atoms with Gasteiger partial charge in [0.2, 0.25) is 5.91 Å². The number of esters is 1. The van der Waals surface area contributed by atoms with E-state index < -0.39 is 5.97 Å². The summed E-state index contributed by atoms with van der Waals surface area (Å²) in [4.78, 5) is 24.3. The molecule has 0 spiro atoms. The van der Waals surface area contributed by atoms with Gasteiger partial charge in [-0.3, -0.25) is 9.59 Å². The summed E-state index contributed by atoms with van der Waals surface area (Å²) in [6.07, 6.45) is 3.44. The molecule has 0 aromatic rings. The molecule has 0 saturated heterocycles. The Balaban J connectivity index is 2.58. The highest BCUT2D eigenvalue weighted by Crippen LogP contribution is 2.24. The van der Waals surface area contributed by atoms with Crippen LogP contribution < -0.4 is 0 Å². The third-order valence-electron chi connectivity index (χ3n) is 2.12. The third kappa shape index (κ3) is 3.27. The number of amides is 1. The minimum atomic E-state index is -0.393. The highest BCUT2D eigenvalue weighted by molar-refractivity contribution is 8.03. The van der Waals surface area contributed by atoms with Gasteiger partial charge < -0.3 is 9.64 Å². The van der Waals surface area contributed by atoms with E-state index in [-0.39, 0.29) is 17.7 Å². The van der Waals surface area contributed by atoms with Gasteiger partial charge in [-0.05, 0) is 11.8 Å². The first kappa shape index (κ1) is 12.1. The standard InChI is InChI=1S/C10H15NO3S/c1-3-4-8-10(13)11(5-6-15-8)7-9(12)14-2/h5-6,8H,3-4,7H2,1-2H3/t8-/m0/s1. The Hall–Kier alpha value is -0.970. The molecule has 1 aliphatic rings. The van der Waals surface area contributed by atoms with E-state index in [0.29, 0.717) is 0 Å². The number of hydrogen-bond donors (Lipinski definition) is 0. The normalized spacial score (nSPS) is 20.5. The summed E-state index contributed by atoms with van der Waals surface area (Å²) in [5.74, 6) is -0.398. The monoisotopic (exact) mass is 229 g/mol. The molecule has 5 heteroatoms. The number of thioether (sulfide) groups is 1. The number of carbonyl (C=O) groups excluding carboxylic acids is 2. The molecule has 84 valence electrons. The lowest BCUT2D eigenvalue weighted by Gasteiger charge is -2.25. The van der Waals surface area contributed by atoms with Crippen molar-refractivity contribution in [3.8, 4) is 0 Å². The summed E-state index contributed by atoms with van der Waals surface area (Å²) < 4.78 is 4.52. The van der Waals surface area contributed by atoms with Crippen molar-refractivity contribution in [3.05, 3.63) is 11.6 Å². The summed E-state index contributed by atoms with van der Waals surface area (Å²) in [5, 5.41) is 1.80. The topological polar surface area (TPSA) is 46.6 Å². The van der Waals surface area contributed by atoms with Gasteiger partial charge >= 0.3 is 5.97 Å². The zero-order chi connectivity index (χ0) is 11.3. The van der Waals surface area contributed by atoms with Crippen LogP contribution in [0.4, 0.5) is 0 Å². The number of rotatable bonds is 4. The molecule has 4 nitrogen and oxygen atoms in total. The van der Waals surface area contributed by atoms with E-state index in [0.717, 1.165) is 12.8 Å². The Kier molecular flexibility index (Phi) is 4.68. The molecule has 15 heavy (non-hydrogen) atoms. The summed E-state index contributed by atoms with van der Waals surface area (Å²) in [5.41, 5.74) is 0. The van der Waals surface area contributed by atoms with Crippen molar-refractivity contribution < 1.29 is 14.3 Å². The summed E-state index contributed by atoms with van der Waals surface area (Å²) >= 11 is 1.51. The van der Waals surface area contributed by atoms with Crippen molar-refractivity contribution in [2.24, 2.45) is 0 Å². The van der Waals surface area contributed by atoms with Crippen LogP contribution in [0.25, 0.3) is 0 Å². The van der Waals surface area contributed by atoms with E-state index in [1.807, 2.05) is 12.3 Å². The number of carbonyl (C=O) groups is 2. The molecular formula is C10H15NO3S. The highest BCUT2D eigenvalue weighted by Gasteiger charge is 2.26. The van der Waals surface area contributed by atoms with Gasteiger partial charge in [-0.1, -0.05) is 13.3 Å². The number of methoxy groups -OCH3 is 1. The predicted octanol–water partition coefficient (Wildman–Crippen LogP) is 1.37. The fourth-order valence-electron chi connectivity index (χ4n) is 1.31. The lowest BCUT2D eigenvalue weighted by atomic mass is 10.2. The fraction of sp³-hybridized carbons (Fsp3) is 0.600. The van der Waals surface area contributed by atoms with Crippen LogP contribution in [0.2, 0.25) is 0 Å². The second-order valence-corrected chi connectivity index (χ2v) is 4.35. The summed E-state index contributed by atoms with van der Waals surface area (Å²) in [7, 11) is 1.32. The second kappa shape index (κ2) is 5.80. The molecule has 0 saturated carbocycles. The van der Waals surface area contributed by atoms with Crippen molar-refractivity contribution in [3.63, 3.8) is 0 Å². The summed E-state index contributed by atoms with van der Waals surface area (Å²) in [6, 6.07) is 0. The van der Waals surface area contributed by atoms with Gasteiger partial charge in [0.15, 0.2) is 0 Å². The maximum atomic E-state index is 11.8. The van der Waals surface area contributed by atoms with E-state index in [2.05, 4.69) is 4.74 Å². The van der Waals surface area contributed by atoms with E-state index in [9.17, 15) is 9.59 Å². The minimum Gasteiger partial charge on any atom is -0.468 e. The average molecular weight is 229 g/mol. The van der Waals surface area contributed by atoms with Crippen molar-refractivity contribution in [1.82, 2.24) is 4.90 Å². The van der Waals surface area contributed by atoms with Crippen LogP contribution >= 0.6 is 11.8 Å². The molecule has 0 unspecified atom stereocenters. The minimum absolute atomic E-state index is 0.00486. The van der Waals surface area contributed by atoms with Crippen LogP contribution in [-0.4, -0.2) is 35.7 Å². The SMILES string of the molecule is CCC[C@@H]1SC=CN(CC(=O)OC)C1=O. The first-order valence-corrected chi connectivity index (χ1v) is 5.82. The Morgan fingerprint density at radius 3 is 3.00 bits per heavy atom. The van der Waals surface area contributed by atoms with Crippen molar-refractivity contribution in [2.45, 2.75) is 25.0 Å². The molecule has 1 atom stereocenters. The largest absolute Gasteiger partial charge is 0.468 e. The average Bonchev–Trinajstić information content (AvgIpc) is 2.24. The fourth-order valence-corrected chi connectivity index (χ4v) is 2.34. The molecule has 0 aliphatic carbocycles. The van der Waals surface area contributed by atoms with Crippen LogP contribution in [0.3, 0.4) is 0 Å². The Labute approximate surface area is 93.6 Å². The van der Waals surface area contributed by atoms with Gasteiger partial charge in [-0.15, -0.1) is 11.8 Å². The third-order valence-corrected chi connectivity index (χ3v) is 3.16. The van der Waals surface area contributed by atoms with Gasteiger partial charge in [-0.2, -0.15) is 0 Å². The molecule has 1 rings (SSSR count). The second-order valence-electron chi connectivity index (χ2n) is 3.24. The Bertz CT molecular complexity index is 278. The molecule has 1 amide bonds. The highest BCUT2D eigenvalue weighted by atomic mass is 32.2. The molecule has 0 radical (unpaired) electrons. The van der Waals surface area contributed by atoms with Gasteiger partial charge in [-0.25, -0.2) is 0 Å². The lowest BCUT2D eigenvalue weighted by Crippen LogP contribution is -2.39. The molecular weight excluding hydrogens is 214 g/mol. The maximum Gasteiger partial charge on any atom is 0.325 e. The van der Waals surface area contributed by atoms with Crippen molar-refractivity contribution >= 4 is 23.6 Å². The smallest absolute Gasteiger partial charge is 0.325 e. The van der Waals surface area contributed by atoms with Crippen LogP contribution in [0.1, 0.15) is 19.8 Å². The first-order valence-electron chi connectivity index (χ1n) is 4.88. The zero-order valence-electron chi connectivity index (χ0n) is 8.93. The lowest BCUT2D eigenvalue weighted by molar-refractivity contribution is -0.145. The zero-order valence-corrected chi connectivity index (χ0v) is 9.75. The van der Waals surface area contributed by atoms with Crippen molar-refractivity contribution in [1.29, 1.82) is 0 Å². The number of ether oxygens (including phenoxy) is 1. The van der Waals surface area contributed by atoms with E-state index in [1.54, 1.807) is 6.20 Å². The van der Waals surface area contributed by atoms with Gasteiger partial charge in [0.25, 0.3) is 0 Å². The van der Waals surface area contributed by atoms with E-state index in [1.165, 1.54) is 23.8 Å². The molecule has 1 heterocycles. The molecule has 1 aliphatic heterocycles. The van der Waals surface area contributed by atoms with E-state index >= 15 is 0 Å². The Morgan fingerprint density at radius 1 is 1.67 bits per heavy atom. The van der Waals surface area contributed by atoms with Crippen LogP contribution in [0.15, 0.2) is 11.6 Å². The maximum absolute atomic E-state index is 11.8. The summed E-state index contributed by atoms with van der Waals surface area (Å²) in [6.45, 7) is 2.05. The van der Waals surface area contributed by atoms with Gasteiger partial charge in [0.05, 0.1) is 12.4 Å². The van der Waals surface area contributed by atoms with Crippen LogP contribution in [0, 0.1) is 0 Å². The Morgan fingerprint density at radius 2 is 2.40 bits per heavy atom.